The van der Waals surface area contributed by atoms with E-state index in [1.807, 2.05) is 11.3 Å². The SMILES string of the molecule is CC(C)(C)c1cc2c(s1)CCCC2.CC(C)(C)c1cc2c(s1)CCCCC2.CC(C)(C)c1ccc(C(C)(C)C)cc1. The molecule has 0 atom stereocenters. The topological polar surface area (TPSA) is 0 Å². The number of fused-ring (bicyclic) bond motifs is 2. The summed E-state index contributed by atoms with van der Waals surface area (Å²) in [4.78, 5) is 6.48. The lowest BCUT2D eigenvalue weighted by molar-refractivity contribution is 0.577. The second-order valence-electron chi connectivity index (χ2n) is 16.5. The minimum absolute atomic E-state index is 0.260. The average molecular weight is 593 g/mol. The first-order chi connectivity index (χ1) is 18.9. The van der Waals surface area contributed by atoms with E-state index in [9.17, 15) is 0 Å². The van der Waals surface area contributed by atoms with Gasteiger partial charge in [0.2, 0.25) is 0 Å². The van der Waals surface area contributed by atoms with Crippen LogP contribution in [0, 0.1) is 0 Å². The van der Waals surface area contributed by atoms with Gasteiger partial charge in [-0.2, -0.15) is 0 Å². The highest BCUT2D eigenvalue weighted by Crippen LogP contribution is 2.37. The average Bonchev–Trinajstić information content (AvgIpc) is 3.43. The standard InChI is InChI=1S/C14H22.C13H20S.C12H18S/c1-13(2,3)11-7-9-12(10-8-11)14(4,5)6;1-13(2,3)12-9-10-7-5-4-6-8-11(10)14-12;1-12(2,3)11-8-9-6-4-5-7-10(9)13-11/h7-10H,1-6H3;9H,4-8H2,1-3H3;8H,4-7H2,1-3H3. The van der Waals surface area contributed by atoms with Gasteiger partial charge in [0.1, 0.15) is 0 Å². The third kappa shape index (κ3) is 10.1. The highest BCUT2D eigenvalue weighted by molar-refractivity contribution is 7.12. The minimum atomic E-state index is 0.260. The Kier molecular flexibility index (Phi) is 11.2. The molecule has 0 aliphatic heterocycles. The molecule has 0 saturated carbocycles. The van der Waals surface area contributed by atoms with Crippen LogP contribution in [0.4, 0.5) is 0 Å². The number of thiophene rings is 2. The molecule has 2 heteroatoms. The first kappa shape index (κ1) is 34.1. The smallest absolute Gasteiger partial charge is 0.0105 e. The monoisotopic (exact) mass is 592 g/mol. The minimum Gasteiger partial charge on any atom is -0.145 e. The number of rotatable bonds is 0. The van der Waals surface area contributed by atoms with Gasteiger partial charge in [0.05, 0.1) is 0 Å². The summed E-state index contributed by atoms with van der Waals surface area (Å²) in [5.41, 5.74) is 7.32. The van der Waals surface area contributed by atoms with Crippen LogP contribution < -0.4 is 0 Å². The zero-order chi connectivity index (χ0) is 30.6. The largest absolute Gasteiger partial charge is 0.145 e. The Labute approximate surface area is 262 Å². The van der Waals surface area contributed by atoms with Gasteiger partial charge >= 0.3 is 0 Å². The van der Waals surface area contributed by atoms with E-state index in [2.05, 4.69) is 131 Å². The molecule has 2 aromatic heterocycles. The van der Waals surface area contributed by atoms with Crippen molar-refractivity contribution in [3.05, 3.63) is 78.2 Å². The fourth-order valence-electron chi connectivity index (χ4n) is 5.37. The van der Waals surface area contributed by atoms with Gasteiger partial charge in [-0.05, 0) is 107 Å². The van der Waals surface area contributed by atoms with Crippen molar-refractivity contribution in [3.63, 3.8) is 0 Å². The van der Waals surface area contributed by atoms with Gasteiger partial charge in [-0.15, -0.1) is 22.7 Å². The summed E-state index contributed by atoms with van der Waals surface area (Å²) in [6.45, 7) is 27.4. The maximum Gasteiger partial charge on any atom is 0.0105 e. The van der Waals surface area contributed by atoms with Gasteiger partial charge in [-0.3, -0.25) is 0 Å². The molecule has 2 aliphatic rings. The predicted molar refractivity (Wildman–Crippen MR) is 188 cm³/mol. The Bertz CT molecular complexity index is 1140. The van der Waals surface area contributed by atoms with Crippen molar-refractivity contribution in [1.29, 1.82) is 0 Å². The highest BCUT2D eigenvalue weighted by atomic mass is 32.1. The molecule has 0 unspecified atom stereocenters. The van der Waals surface area contributed by atoms with E-state index in [0.717, 1.165) is 0 Å². The van der Waals surface area contributed by atoms with Gasteiger partial charge in [-0.1, -0.05) is 114 Å². The molecular weight excluding hydrogens is 533 g/mol. The number of aryl methyl sites for hydroxylation is 4. The van der Waals surface area contributed by atoms with Gasteiger partial charge in [0.25, 0.3) is 0 Å². The maximum atomic E-state index is 2.46. The summed E-state index contributed by atoms with van der Waals surface area (Å²) in [7, 11) is 0. The molecule has 0 N–H and O–H groups in total. The molecule has 0 fully saturated rings. The molecule has 5 rings (SSSR count). The molecule has 228 valence electrons. The molecule has 0 bridgehead atoms. The van der Waals surface area contributed by atoms with Crippen molar-refractivity contribution < 1.29 is 0 Å². The summed E-state index contributed by atoms with van der Waals surface area (Å²) in [6.07, 6.45) is 12.3. The van der Waals surface area contributed by atoms with Gasteiger partial charge in [-0.25, -0.2) is 0 Å². The Morgan fingerprint density at radius 1 is 0.415 bits per heavy atom. The number of benzene rings is 1. The summed E-state index contributed by atoms with van der Waals surface area (Å²) in [5.74, 6) is 0. The van der Waals surface area contributed by atoms with E-state index in [0.29, 0.717) is 10.8 Å². The van der Waals surface area contributed by atoms with Crippen molar-refractivity contribution in [2.75, 3.05) is 0 Å². The molecule has 0 radical (unpaired) electrons. The van der Waals surface area contributed by atoms with E-state index in [-0.39, 0.29) is 10.8 Å². The lowest BCUT2D eigenvalue weighted by atomic mass is 9.82. The van der Waals surface area contributed by atoms with Gasteiger partial charge in [0, 0.05) is 19.5 Å². The number of hydrogen-bond donors (Lipinski definition) is 0. The lowest BCUT2D eigenvalue weighted by Gasteiger charge is -2.23. The third-order valence-electron chi connectivity index (χ3n) is 8.34. The molecule has 41 heavy (non-hydrogen) atoms. The van der Waals surface area contributed by atoms with E-state index in [1.54, 1.807) is 30.6 Å². The molecule has 0 spiro atoms. The molecule has 0 nitrogen and oxygen atoms in total. The molecule has 0 saturated heterocycles. The first-order valence-electron chi connectivity index (χ1n) is 16.2. The Morgan fingerprint density at radius 2 is 0.732 bits per heavy atom. The lowest BCUT2D eigenvalue weighted by Crippen LogP contribution is -2.14. The summed E-state index contributed by atoms with van der Waals surface area (Å²) < 4.78 is 0. The van der Waals surface area contributed by atoms with Crippen LogP contribution in [0.2, 0.25) is 0 Å². The molecule has 2 heterocycles. The molecule has 2 aliphatic carbocycles. The zero-order valence-corrected chi connectivity index (χ0v) is 30.3. The van der Waals surface area contributed by atoms with Crippen molar-refractivity contribution in [3.8, 4) is 0 Å². The van der Waals surface area contributed by atoms with E-state index >= 15 is 0 Å². The summed E-state index contributed by atoms with van der Waals surface area (Å²) in [6, 6.07) is 13.9. The van der Waals surface area contributed by atoms with E-state index in [4.69, 9.17) is 0 Å². The zero-order valence-electron chi connectivity index (χ0n) is 28.6. The summed E-state index contributed by atoms with van der Waals surface area (Å²) >= 11 is 4.10. The predicted octanol–water partition coefficient (Wildman–Crippen LogP) is 12.5. The van der Waals surface area contributed by atoms with E-state index in [1.165, 1.54) is 68.9 Å². The van der Waals surface area contributed by atoms with Crippen LogP contribution in [0.25, 0.3) is 0 Å². The molecule has 0 amide bonds. The maximum absolute atomic E-state index is 2.46. The second kappa shape index (κ2) is 13.5. The first-order valence-corrected chi connectivity index (χ1v) is 17.8. The quantitative estimate of drug-likeness (QED) is 0.228. The third-order valence-corrected chi connectivity index (χ3v) is 11.7. The molecule has 1 aromatic carbocycles. The fourth-order valence-corrected chi connectivity index (χ4v) is 7.99. The van der Waals surface area contributed by atoms with Crippen molar-refractivity contribution in [2.45, 2.75) is 163 Å². The fraction of sp³-hybridized carbons (Fsp3) is 0.641. The van der Waals surface area contributed by atoms with Crippen molar-refractivity contribution in [1.82, 2.24) is 0 Å². The number of hydrogen-bond acceptors (Lipinski definition) is 2. The van der Waals surface area contributed by atoms with Crippen LogP contribution in [-0.4, -0.2) is 0 Å². The van der Waals surface area contributed by atoms with Crippen LogP contribution in [-0.2, 0) is 47.3 Å². The second-order valence-corrected chi connectivity index (χ2v) is 18.7. The van der Waals surface area contributed by atoms with Crippen molar-refractivity contribution >= 4 is 22.7 Å². The van der Waals surface area contributed by atoms with Crippen LogP contribution in [0.15, 0.2) is 36.4 Å². The van der Waals surface area contributed by atoms with Gasteiger partial charge < -0.3 is 0 Å². The summed E-state index contributed by atoms with van der Waals surface area (Å²) in [5, 5.41) is 0. The molecule has 3 aromatic rings. The highest BCUT2D eigenvalue weighted by Gasteiger charge is 2.22. The molecular formula is C39H60S2. The Balaban J connectivity index is 0.000000169. The van der Waals surface area contributed by atoms with Crippen LogP contribution in [0.1, 0.15) is 157 Å². The van der Waals surface area contributed by atoms with Crippen LogP contribution >= 0.6 is 22.7 Å². The Hall–Kier alpha value is -1.38. The van der Waals surface area contributed by atoms with Crippen molar-refractivity contribution in [2.24, 2.45) is 0 Å². The van der Waals surface area contributed by atoms with E-state index < -0.39 is 0 Å². The van der Waals surface area contributed by atoms with Crippen LogP contribution in [0.3, 0.4) is 0 Å². The Morgan fingerprint density at radius 3 is 1.07 bits per heavy atom. The normalized spacial score (nSPS) is 15.9. The van der Waals surface area contributed by atoms with Gasteiger partial charge in [0.15, 0.2) is 0 Å². The van der Waals surface area contributed by atoms with Crippen LogP contribution in [0.5, 0.6) is 0 Å².